The fourth-order valence-corrected chi connectivity index (χ4v) is 1.27. The molecule has 0 spiro atoms. The Kier molecular flexibility index (Phi) is 12.6. The van der Waals surface area contributed by atoms with Crippen LogP contribution in [0.4, 0.5) is 0 Å². The van der Waals surface area contributed by atoms with Crippen LogP contribution in [0.3, 0.4) is 0 Å². The summed E-state index contributed by atoms with van der Waals surface area (Å²) in [6.45, 7) is -1.21. The van der Waals surface area contributed by atoms with Gasteiger partial charge in [-0.2, -0.15) is 0 Å². The molecule has 0 rings (SSSR count). The normalized spacial score (nSPS) is 13.8. The fraction of sp³-hybridized carbons (Fsp3) is 1.00. The van der Waals surface area contributed by atoms with Crippen molar-refractivity contribution in [3.8, 4) is 0 Å². The Morgan fingerprint density at radius 2 is 1.61 bits per heavy atom. The highest BCUT2D eigenvalue weighted by atomic mass is 79.9. The standard InChI is InChI=1S/C4H11NO3.C3H7Br2O4P/c5-4(1-6,2-7)3-8;4-1-3(5)2-9-10(6,7)8/h6-8H,1-3,5H2;3H,1-2H2,(H2,6,7,8). The topological polar surface area (TPSA) is 153 Å². The zero-order valence-electron chi connectivity index (χ0n) is 9.45. The molecule has 0 aliphatic heterocycles. The second-order valence-corrected chi connectivity index (χ2v) is 6.56. The van der Waals surface area contributed by atoms with Gasteiger partial charge in [0.15, 0.2) is 0 Å². The van der Waals surface area contributed by atoms with Crippen LogP contribution in [0, 0.1) is 0 Å². The maximum absolute atomic E-state index is 10.1. The molecule has 11 heteroatoms. The monoisotopic (exact) mass is 417 g/mol. The smallest absolute Gasteiger partial charge is 0.394 e. The van der Waals surface area contributed by atoms with Crippen LogP contribution in [0.15, 0.2) is 0 Å². The van der Waals surface area contributed by atoms with Crippen molar-refractivity contribution < 1.29 is 34.2 Å². The third-order valence-electron chi connectivity index (χ3n) is 1.54. The van der Waals surface area contributed by atoms with Gasteiger partial charge in [0.25, 0.3) is 0 Å². The van der Waals surface area contributed by atoms with Crippen LogP contribution >= 0.6 is 39.7 Å². The Balaban J connectivity index is 0. The number of aliphatic hydroxyl groups excluding tert-OH is 3. The molecule has 0 aliphatic carbocycles. The Labute approximate surface area is 122 Å². The molecule has 7 N–H and O–H groups in total. The molecule has 0 aliphatic rings. The van der Waals surface area contributed by atoms with E-state index in [1.807, 2.05) is 0 Å². The van der Waals surface area contributed by atoms with Gasteiger partial charge in [-0.3, -0.25) is 4.52 Å². The quantitative estimate of drug-likeness (QED) is 0.225. The average molecular weight is 419 g/mol. The number of hydrogen-bond acceptors (Lipinski definition) is 6. The van der Waals surface area contributed by atoms with Gasteiger partial charge in [0.1, 0.15) is 0 Å². The molecular weight excluding hydrogens is 401 g/mol. The van der Waals surface area contributed by atoms with Crippen molar-refractivity contribution in [3.05, 3.63) is 0 Å². The zero-order chi connectivity index (χ0) is 14.8. The lowest BCUT2D eigenvalue weighted by Gasteiger charge is -2.20. The van der Waals surface area contributed by atoms with Gasteiger partial charge < -0.3 is 30.8 Å². The summed E-state index contributed by atoms with van der Waals surface area (Å²) in [4.78, 5) is 16.4. The van der Waals surface area contributed by atoms with Crippen molar-refractivity contribution >= 4 is 39.7 Å². The molecule has 0 bridgehead atoms. The predicted molar refractivity (Wildman–Crippen MR) is 72.7 cm³/mol. The van der Waals surface area contributed by atoms with Crippen LogP contribution in [-0.2, 0) is 9.09 Å². The maximum atomic E-state index is 10.1. The van der Waals surface area contributed by atoms with Gasteiger partial charge in [-0.05, 0) is 0 Å². The van der Waals surface area contributed by atoms with Gasteiger partial charge in [0.2, 0.25) is 0 Å². The third-order valence-corrected chi connectivity index (χ3v) is 4.26. The van der Waals surface area contributed by atoms with Crippen molar-refractivity contribution in [3.63, 3.8) is 0 Å². The van der Waals surface area contributed by atoms with Gasteiger partial charge in [0.05, 0.1) is 32.0 Å². The first kappa shape index (κ1) is 21.2. The van der Waals surface area contributed by atoms with Gasteiger partial charge in [0, 0.05) is 10.2 Å². The van der Waals surface area contributed by atoms with Gasteiger partial charge in [-0.15, -0.1) is 0 Å². The van der Waals surface area contributed by atoms with E-state index in [1.54, 1.807) is 0 Å². The van der Waals surface area contributed by atoms with E-state index in [1.165, 1.54) is 0 Å². The molecule has 0 saturated carbocycles. The number of aliphatic hydroxyl groups is 3. The molecule has 18 heavy (non-hydrogen) atoms. The van der Waals surface area contributed by atoms with E-state index >= 15 is 0 Å². The van der Waals surface area contributed by atoms with E-state index in [-0.39, 0.29) is 11.4 Å². The molecule has 112 valence electrons. The first-order valence-electron chi connectivity index (χ1n) is 4.65. The number of phosphoric ester groups is 1. The highest BCUT2D eigenvalue weighted by Crippen LogP contribution is 2.36. The maximum Gasteiger partial charge on any atom is 0.469 e. The van der Waals surface area contributed by atoms with Gasteiger partial charge >= 0.3 is 7.82 Å². The fourth-order valence-electron chi connectivity index (χ4n) is 0.373. The summed E-state index contributed by atoms with van der Waals surface area (Å²) in [5.74, 6) is 0. The summed E-state index contributed by atoms with van der Waals surface area (Å²) in [7, 11) is -4.28. The van der Waals surface area contributed by atoms with Crippen LogP contribution in [0.2, 0.25) is 0 Å². The highest BCUT2D eigenvalue weighted by Gasteiger charge is 2.20. The van der Waals surface area contributed by atoms with E-state index in [0.717, 1.165) is 0 Å². The minimum Gasteiger partial charge on any atom is -0.394 e. The van der Waals surface area contributed by atoms with Crippen molar-refractivity contribution in [2.24, 2.45) is 5.73 Å². The Hall–Kier alpha value is 0.910. The predicted octanol–water partition coefficient (Wildman–Crippen LogP) is -1.09. The Morgan fingerprint density at radius 3 is 1.78 bits per heavy atom. The molecule has 8 nitrogen and oxygen atoms in total. The lowest BCUT2D eigenvalue weighted by atomic mass is 10.1. The first-order chi connectivity index (χ1) is 8.14. The van der Waals surface area contributed by atoms with Gasteiger partial charge in [-0.1, -0.05) is 31.9 Å². The van der Waals surface area contributed by atoms with Crippen LogP contribution in [-0.4, -0.2) is 67.2 Å². The highest BCUT2D eigenvalue weighted by molar-refractivity contribution is 9.12. The van der Waals surface area contributed by atoms with Crippen molar-refractivity contribution in [1.82, 2.24) is 0 Å². The van der Waals surface area contributed by atoms with Crippen molar-refractivity contribution in [2.45, 2.75) is 10.4 Å². The molecule has 0 radical (unpaired) electrons. The number of phosphoric acid groups is 1. The van der Waals surface area contributed by atoms with E-state index in [2.05, 4.69) is 36.4 Å². The largest absolute Gasteiger partial charge is 0.469 e. The number of rotatable bonds is 7. The molecule has 0 fully saturated rings. The lowest BCUT2D eigenvalue weighted by molar-refractivity contribution is 0.0697. The number of halogens is 2. The molecule has 1 unspecified atom stereocenters. The molecule has 1 atom stereocenters. The average Bonchev–Trinajstić information content (AvgIpc) is 2.34. The SMILES string of the molecule is NC(CO)(CO)CO.O=P(O)(O)OCC(Br)CBr. The number of hydrogen-bond donors (Lipinski definition) is 6. The van der Waals surface area contributed by atoms with E-state index in [9.17, 15) is 4.57 Å². The van der Waals surface area contributed by atoms with Gasteiger partial charge in [-0.25, -0.2) is 4.57 Å². The summed E-state index contributed by atoms with van der Waals surface area (Å²) < 4.78 is 14.3. The molecule has 0 amide bonds. The Morgan fingerprint density at radius 1 is 1.22 bits per heavy atom. The Bertz CT molecular complexity index is 240. The second kappa shape index (κ2) is 10.7. The molecule has 0 aromatic carbocycles. The summed E-state index contributed by atoms with van der Waals surface area (Å²) >= 11 is 6.22. The molecule has 0 saturated heterocycles. The summed E-state index contributed by atoms with van der Waals surface area (Å²) in [6, 6.07) is 0. The molecular formula is C7H18Br2NO7P. The summed E-state index contributed by atoms with van der Waals surface area (Å²) in [5, 5.41) is 25.6. The van der Waals surface area contributed by atoms with E-state index in [4.69, 9.17) is 30.8 Å². The van der Waals surface area contributed by atoms with E-state index < -0.39 is 33.2 Å². The summed E-state index contributed by atoms with van der Waals surface area (Å²) in [6.07, 6.45) is 0. The van der Waals surface area contributed by atoms with Crippen molar-refractivity contribution in [1.29, 1.82) is 0 Å². The second-order valence-electron chi connectivity index (χ2n) is 3.37. The summed E-state index contributed by atoms with van der Waals surface area (Å²) in [5.41, 5.74) is 3.94. The molecule has 0 heterocycles. The molecule has 0 aromatic heterocycles. The van der Waals surface area contributed by atoms with Crippen LogP contribution < -0.4 is 5.73 Å². The lowest BCUT2D eigenvalue weighted by Crippen LogP contribution is -2.50. The third kappa shape index (κ3) is 13.3. The zero-order valence-corrected chi connectivity index (χ0v) is 13.5. The molecule has 0 aromatic rings. The number of alkyl halides is 2. The minimum atomic E-state index is -4.28. The van der Waals surface area contributed by atoms with Crippen LogP contribution in [0.5, 0.6) is 0 Å². The van der Waals surface area contributed by atoms with E-state index in [0.29, 0.717) is 5.33 Å². The van der Waals surface area contributed by atoms with Crippen LogP contribution in [0.1, 0.15) is 0 Å². The minimum absolute atomic E-state index is 0.00444. The first-order valence-corrected chi connectivity index (χ1v) is 8.22. The van der Waals surface area contributed by atoms with Crippen LogP contribution in [0.25, 0.3) is 0 Å². The van der Waals surface area contributed by atoms with Crippen molar-refractivity contribution in [2.75, 3.05) is 31.8 Å². The number of nitrogens with two attached hydrogens (primary N) is 1.